The molecule has 1 rings (SSSR count). The summed E-state index contributed by atoms with van der Waals surface area (Å²) in [7, 11) is 2.05. The predicted octanol–water partition coefficient (Wildman–Crippen LogP) is 3.44. The van der Waals surface area contributed by atoms with Crippen LogP contribution in [0.2, 0.25) is 5.02 Å². The molecule has 3 nitrogen and oxygen atoms in total. The summed E-state index contributed by atoms with van der Waals surface area (Å²) in [5, 5.41) is 13.7. The van der Waals surface area contributed by atoms with Crippen molar-refractivity contribution in [2.75, 3.05) is 18.5 Å². The van der Waals surface area contributed by atoms with Crippen molar-refractivity contribution in [1.29, 1.82) is 0 Å². The first-order valence-electron chi connectivity index (χ1n) is 7.11. The van der Waals surface area contributed by atoms with Gasteiger partial charge in [-0.15, -0.1) is 0 Å². The highest BCUT2D eigenvalue weighted by Crippen LogP contribution is 2.24. The van der Waals surface area contributed by atoms with E-state index < -0.39 is 0 Å². The first kappa shape index (κ1) is 17.3. The van der Waals surface area contributed by atoms with E-state index in [1.807, 2.05) is 32.2 Å². The third-order valence-electron chi connectivity index (χ3n) is 3.14. The molecule has 0 saturated heterocycles. The number of benzene rings is 1. The van der Waals surface area contributed by atoms with Crippen molar-refractivity contribution in [1.82, 2.24) is 5.32 Å². The second-order valence-corrected chi connectivity index (χ2v) is 6.87. The van der Waals surface area contributed by atoms with Crippen LogP contribution in [0.25, 0.3) is 0 Å². The van der Waals surface area contributed by atoms with Gasteiger partial charge in [-0.3, -0.25) is 0 Å². The molecule has 1 aromatic carbocycles. The third-order valence-corrected chi connectivity index (χ3v) is 3.38. The monoisotopic (exact) mass is 298 g/mol. The molecule has 1 aromatic rings. The molecule has 20 heavy (non-hydrogen) atoms. The fraction of sp³-hybridized carbons (Fsp3) is 0.625. The molecule has 0 amide bonds. The van der Waals surface area contributed by atoms with E-state index in [0.29, 0.717) is 0 Å². The molecule has 4 heteroatoms. The van der Waals surface area contributed by atoms with E-state index in [1.165, 1.54) is 5.56 Å². The quantitative estimate of drug-likeness (QED) is 0.844. The van der Waals surface area contributed by atoms with E-state index in [0.717, 1.165) is 30.2 Å². The summed E-state index contributed by atoms with van der Waals surface area (Å²) in [5.41, 5.74) is 2.41. The predicted molar refractivity (Wildman–Crippen MR) is 87.6 cm³/mol. The summed E-state index contributed by atoms with van der Waals surface area (Å²) in [6.45, 7) is 9.86. The maximum absolute atomic E-state index is 9.41. The molecule has 0 fully saturated rings. The Hall–Kier alpha value is -0.770. The van der Waals surface area contributed by atoms with Crippen molar-refractivity contribution in [2.45, 2.75) is 52.3 Å². The molecule has 1 unspecified atom stereocenters. The molecule has 0 aliphatic rings. The topological polar surface area (TPSA) is 35.5 Å². The highest BCUT2D eigenvalue weighted by atomic mass is 35.5. The minimum Gasteiger partial charge on any atom is -0.393 e. The van der Waals surface area contributed by atoms with E-state index in [4.69, 9.17) is 11.6 Å². The molecular weight excluding hydrogens is 272 g/mol. The van der Waals surface area contributed by atoms with Crippen LogP contribution in [0.4, 0.5) is 5.69 Å². The Kier molecular flexibility index (Phi) is 6.31. The summed E-state index contributed by atoms with van der Waals surface area (Å²) < 4.78 is 0. The zero-order valence-corrected chi connectivity index (χ0v) is 14.0. The molecule has 114 valence electrons. The van der Waals surface area contributed by atoms with Crippen molar-refractivity contribution in [2.24, 2.45) is 0 Å². The highest BCUT2D eigenvalue weighted by molar-refractivity contribution is 6.30. The van der Waals surface area contributed by atoms with Crippen LogP contribution in [0, 0.1) is 0 Å². The van der Waals surface area contributed by atoms with Gasteiger partial charge in [0, 0.05) is 36.4 Å². The summed E-state index contributed by atoms with van der Waals surface area (Å²) in [4.78, 5) is 2.17. The number of nitrogens with zero attached hydrogens (tertiary/aromatic N) is 1. The number of halogens is 1. The van der Waals surface area contributed by atoms with Crippen LogP contribution < -0.4 is 10.2 Å². The Balaban J connectivity index is 2.83. The first-order valence-corrected chi connectivity index (χ1v) is 7.49. The number of rotatable bonds is 6. The molecular formula is C16H27ClN2O. The average Bonchev–Trinajstić information content (AvgIpc) is 2.32. The van der Waals surface area contributed by atoms with Crippen molar-refractivity contribution < 1.29 is 5.11 Å². The van der Waals surface area contributed by atoms with Crippen LogP contribution in [-0.4, -0.2) is 30.3 Å². The minimum absolute atomic E-state index is 0.0672. The number of nitrogens with one attached hydrogen (secondary N) is 1. The number of anilines is 1. The van der Waals surface area contributed by atoms with E-state index in [9.17, 15) is 5.11 Å². The molecule has 2 N–H and O–H groups in total. The standard InChI is InChI=1S/C16H27ClN2O/c1-12(20)8-9-19(5)15-7-6-14(17)10-13(15)11-18-16(2,3)4/h6-7,10,12,18,20H,8-9,11H2,1-5H3. The lowest BCUT2D eigenvalue weighted by atomic mass is 10.1. The second-order valence-electron chi connectivity index (χ2n) is 6.44. The molecule has 0 aliphatic heterocycles. The van der Waals surface area contributed by atoms with Gasteiger partial charge in [0.2, 0.25) is 0 Å². The summed E-state index contributed by atoms with van der Waals surface area (Å²) in [5.74, 6) is 0. The van der Waals surface area contributed by atoms with Crippen molar-refractivity contribution >= 4 is 17.3 Å². The smallest absolute Gasteiger partial charge is 0.0528 e. The van der Waals surface area contributed by atoms with Gasteiger partial charge in [-0.05, 0) is 57.9 Å². The van der Waals surface area contributed by atoms with Crippen LogP contribution in [0.15, 0.2) is 18.2 Å². The third kappa shape index (κ3) is 6.12. The summed E-state index contributed by atoms with van der Waals surface area (Å²) in [6.07, 6.45) is 0.478. The van der Waals surface area contributed by atoms with E-state index in [1.54, 1.807) is 0 Å². The molecule has 0 bridgehead atoms. The molecule has 0 saturated carbocycles. The minimum atomic E-state index is -0.277. The van der Waals surface area contributed by atoms with E-state index >= 15 is 0 Å². The second kappa shape index (κ2) is 7.30. The highest BCUT2D eigenvalue weighted by Gasteiger charge is 2.13. The largest absolute Gasteiger partial charge is 0.393 e. The Labute approximate surface area is 127 Å². The molecule has 0 aliphatic carbocycles. The number of hydrogen-bond donors (Lipinski definition) is 2. The van der Waals surface area contributed by atoms with Gasteiger partial charge in [0.25, 0.3) is 0 Å². The SMILES string of the molecule is CC(O)CCN(C)c1ccc(Cl)cc1CNC(C)(C)C. The first-order chi connectivity index (χ1) is 9.19. The maximum atomic E-state index is 9.41. The van der Waals surface area contributed by atoms with Gasteiger partial charge in [0.1, 0.15) is 0 Å². The lowest BCUT2D eigenvalue weighted by molar-refractivity contribution is 0.187. The van der Waals surface area contributed by atoms with E-state index in [2.05, 4.69) is 31.0 Å². The van der Waals surface area contributed by atoms with Crippen LogP contribution in [0.3, 0.4) is 0 Å². The Morgan fingerprint density at radius 1 is 1.35 bits per heavy atom. The zero-order chi connectivity index (χ0) is 15.3. The fourth-order valence-electron chi connectivity index (χ4n) is 1.93. The van der Waals surface area contributed by atoms with Gasteiger partial charge in [0.05, 0.1) is 6.10 Å². The molecule has 0 spiro atoms. The molecule has 0 radical (unpaired) electrons. The van der Waals surface area contributed by atoms with E-state index in [-0.39, 0.29) is 11.6 Å². The Morgan fingerprint density at radius 3 is 2.55 bits per heavy atom. The lowest BCUT2D eigenvalue weighted by Gasteiger charge is -2.26. The van der Waals surface area contributed by atoms with Crippen LogP contribution in [0.5, 0.6) is 0 Å². The zero-order valence-electron chi connectivity index (χ0n) is 13.2. The average molecular weight is 299 g/mol. The van der Waals surface area contributed by atoms with Crippen molar-refractivity contribution in [3.63, 3.8) is 0 Å². The molecule has 0 heterocycles. The van der Waals surface area contributed by atoms with Crippen molar-refractivity contribution in [3.8, 4) is 0 Å². The maximum Gasteiger partial charge on any atom is 0.0528 e. The van der Waals surface area contributed by atoms with Crippen LogP contribution in [-0.2, 0) is 6.54 Å². The number of aliphatic hydroxyl groups is 1. The number of hydrogen-bond acceptors (Lipinski definition) is 3. The fourth-order valence-corrected chi connectivity index (χ4v) is 2.12. The molecule has 1 atom stereocenters. The van der Waals surface area contributed by atoms with Gasteiger partial charge >= 0.3 is 0 Å². The van der Waals surface area contributed by atoms with Gasteiger partial charge in [-0.25, -0.2) is 0 Å². The van der Waals surface area contributed by atoms with Crippen molar-refractivity contribution in [3.05, 3.63) is 28.8 Å². The van der Waals surface area contributed by atoms with Gasteiger partial charge in [-0.1, -0.05) is 11.6 Å². The summed E-state index contributed by atoms with van der Waals surface area (Å²) in [6, 6.07) is 5.97. The van der Waals surface area contributed by atoms with Gasteiger partial charge < -0.3 is 15.3 Å². The van der Waals surface area contributed by atoms with Gasteiger partial charge in [0.15, 0.2) is 0 Å². The number of aliphatic hydroxyl groups excluding tert-OH is 1. The van der Waals surface area contributed by atoms with Crippen LogP contribution >= 0.6 is 11.6 Å². The summed E-state index contributed by atoms with van der Waals surface area (Å²) >= 11 is 6.11. The van der Waals surface area contributed by atoms with Crippen LogP contribution in [0.1, 0.15) is 39.7 Å². The van der Waals surface area contributed by atoms with Gasteiger partial charge in [-0.2, -0.15) is 0 Å². The Bertz CT molecular complexity index is 427. The Morgan fingerprint density at radius 2 is 2.00 bits per heavy atom. The lowest BCUT2D eigenvalue weighted by Crippen LogP contribution is -2.35. The normalized spacial score (nSPS) is 13.3. The molecule has 0 aromatic heterocycles.